The third kappa shape index (κ3) is 5.17. The van der Waals surface area contributed by atoms with Crippen molar-refractivity contribution in [3.8, 4) is 11.6 Å². The molecule has 0 spiro atoms. The molecule has 0 radical (unpaired) electrons. The molecule has 9 heteroatoms. The molecular formula is C9H12BrNO6S. The molecule has 0 amide bonds. The molecule has 18 heavy (non-hydrogen) atoms. The lowest BCUT2D eigenvalue weighted by molar-refractivity contribution is 0.0406. The fourth-order valence-corrected chi connectivity index (χ4v) is 1.48. The second kappa shape index (κ2) is 6.32. The Labute approximate surface area is 113 Å². The molecule has 2 rings (SSSR count). The topological polar surface area (TPSA) is 106 Å². The number of hydrogen-bond acceptors (Lipinski definition) is 6. The number of rotatable bonds is 1. The summed E-state index contributed by atoms with van der Waals surface area (Å²) in [5.41, 5.74) is 0. The second-order valence-electron chi connectivity index (χ2n) is 3.39. The van der Waals surface area contributed by atoms with Gasteiger partial charge in [-0.25, -0.2) is 4.98 Å². The average molecular weight is 342 g/mol. The lowest BCUT2D eigenvalue weighted by atomic mass is 10.3. The van der Waals surface area contributed by atoms with Crippen molar-refractivity contribution in [2.75, 3.05) is 19.5 Å². The molecule has 7 nitrogen and oxygen atoms in total. The van der Waals surface area contributed by atoms with Crippen molar-refractivity contribution in [3.63, 3.8) is 0 Å². The van der Waals surface area contributed by atoms with Gasteiger partial charge in [0.1, 0.15) is 6.61 Å². The lowest BCUT2D eigenvalue weighted by Gasteiger charge is -2.24. The monoisotopic (exact) mass is 341 g/mol. The van der Waals surface area contributed by atoms with E-state index in [4.69, 9.17) is 19.1 Å². The van der Waals surface area contributed by atoms with Crippen molar-refractivity contribution in [3.05, 3.63) is 16.7 Å². The molecule has 0 fully saturated rings. The summed E-state index contributed by atoms with van der Waals surface area (Å²) in [6.45, 7) is 0.293. The summed E-state index contributed by atoms with van der Waals surface area (Å²) < 4.78 is 37.4. The maximum Gasteiger partial charge on any atom is 0.261 e. The first-order valence-electron chi connectivity index (χ1n) is 4.78. The van der Waals surface area contributed by atoms with Crippen LogP contribution >= 0.6 is 15.9 Å². The van der Waals surface area contributed by atoms with E-state index in [-0.39, 0.29) is 12.7 Å². The number of aliphatic hydroxyl groups excluding tert-OH is 1. The van der Waals surface area contributed by atoms with Crippen molar-refractivity contribution in [1.29, 1.82) is 0 Å². The maximum absolute atomic E-state index is 9.19. The molecule has 102 valence electrons. The van der Waals surface area contributed by atoms with Gasteiger partial charge in [0.15, 0.2) is 11.9 Å². The summed E-state index contributed by atoms with van der Waals surface area (Å²) in [7, 11) is -3.67. The van der Waals surface area contributed by atoms with E-state index in [1.165, 1.54) is 0 Å². The van der Waals surface area contributed by atoms with Gasteiger partial charge in [0.05, 0.1) is 17.3 Å². The largest absolute Gasteiger partial charge is 0.483 e. The van der Waals surface area contributed by atoms with E-state index in [0.29, 0.717) is 24.5 Å². The van der Waals surface area contributed by atoms with Crippen molar-refractivity contribution >= 4 is 26.0 Å². The summed E-state index contributed by atoms with van der Waals surface area (Å²) >= 11 is 3.32. The Balaban J connectivity index is 0.000000280. The standard InChI is InChI=1S/C8H8BrNO3.CH4O3S/c9-6-1-2-10-8-7(6)12-4-5(3-11)13-8;1-5(2,3)4/h1-2,5,11H,3-4H2;1H3,(H,2,3,4). The first-order chi connectivity index (χ1) is 8.31. The van der Waals surface area contributed by atoms with Crippen LogP contribution in [0.3, 0.4) is 0 Å². The molecule has 0 saturated heterocycles. The molecule has 1 unspecified atom stereocenters. The number of pyridine rings is 1. The van der Waals surface area contributed by atoms with Crippen LogP contribution in [0.2, 0.25) is 0 Å². The predicted octanol–water partition coefficient (Wildman–Crippen LogP) is 0.480. The van der Waals surface area contributed by atoms with E-state index >= 15 is 0 Å². The molecular weight excluding hydrogens is 330 g/mol. The van der Waals surface area contributed by atoms with Crippen molar-refractivity contribution in [1.82, 2.24) is 4.98 Å². The lowest BCUT2D eigenvalue weighted by Crippen LogP contribution is -2.32. The maximum atomic E-state index is 9.19. The molecule has 1 aromatic rings. The Hall–Kier alpha value is -0.900. The van der Waals surface area contributed by atoms with Gasteiger partial charge >= 0.3 is 0 Å². The van der Waals surface area contributed by atoms with Crippen LogP contribution < -0.4 is 9.47 Å². The summed E-state index contributed by atoms with van der Waals surface area (Å²) in [6.07, 6.45) is 2.02. The summed E-state index contributed by atoms with van der Waals surface area (Å²) in [4.78, 5) is 3.99. The van der Waals surface area contributed by atoms with Crippen LogP contribution in [0.1, 0.15) is 0 Å². The molecule has 1 atom stereocenters. The van der Waals surface area contributed by atoms with E-state index in [9.17, 15) is 8.42 Å². The molecule has 0 aromatic carbocycles. The van der Waals surface area contributed by atoms with Gasteiger partial charge in [0.25, 0.3) is 16.0 Å². The molecule has 2 N–H and O–H groups in total. The van der Waals surface area contributed by atoms with Crippen molar-refractivity contribution < 1.29 is 27.6 Å². The highest BCUT2D eigenvalue weighted by atomic mass is 79.9. The van der Waals surface area contributed by atoms with Crippen LogP contribution in [0.4, 0.5) is 0 Å². The minimum absolute atomic E-state index is 0.0619. The van der Waals surface area contributed by atoms with Gasteiger partial charge in [0.2, 0.25) is 0 Å². The van der Waals surface area contributed by atoms with Crippen LogP contribution in [0, 0.1) is 0 Å². The van der Waals surface area contributed by atoms with Gasteiger partial charge in [-0.1, -0.05) is 0 Å². The number of nitrogens with zero attached hydrogens (tertiary/aromatic N) is 1. The van der Waals surface area contributed by atoms with E-state index in [1.807, 2.05) is 0 Å². The number of fused-ring (bicyclic) bond motifs is 1. The van der Waals surface area contributed by atoms with Gasteiger partial charge in [-0.3, -0.25) is 4.55 Å². The van der Waals surface area contributed by atoms with Gasteiger partial charge in [-0.05, 0) is 22.0 Å². The zero-order valence-electron chi connectivity index (χ0n) is 9.41. The first kappa shape index (κ1) is 15.2. The first-order valence-corrected chi connectivity index (χ1v) is 7.42. The van der Waals surface area contributed by atoms with Crippen LogP contribution in [0.15, 0.2) is 16.7 Å². The van der Waals surface area contributed by atoms with Gasteiger partial charge in [-0.2, -0.15) is 8.42 Å². The smallest absolute Gasteiger partial charge is 0.261 e. The zero-order valence-corrected chi connectivity index (χ0v) is 11.8. The van der Waals surface area contributed by atoms with E-state index < -0.39 is 10.1 Å². The second-order valence-corrected chi connectivity index (χ2v) is 5.71. The molecule has 1 aliphatic heterocycles. The number of halogens is 1. The quantitative estimate of drug-likeness (QED) is 0.715. The van der Waals surface area contributed by atoms with Gasteiger partial charge in [0, 0.05) is 6.20 Å². The number of aromatic nitrogens is 1. The average Bonchev–Trinajstić information content (AvgIpc) is 2.26. The summed E-state index contributed by atoms with van der Waals surface area (Å²) in [5, 5.41) is 8.84. The number of aliphatic hydroxyl groups is 1. The Kier molecular flexibility index (Phi) is 5.32. The van der Waals surface area contributed by atoms with Crippen LogP contribution in [-0.2, 0) is 10.1 Å². The highest BCUT2D eigenvalue weighted by molar-refractivity contribution is 9.10. The molecule has 1 aromatic heterocycles. The highest BCUT2D eigenvalue weighted by Crippen LogP contribution is 2.35. The molecule has 2 heterocycles. The van der Waals surface area contributed by atoms with Crippen molar-refractivity contribution in [2.45, 2.75) is 6.10 Å². The Morgan fingerprint density at radius 1 is 1.61 bits per heavy atom. The Morgan fingerprint density at radius 3 is 2.78 bits per heavy atom. The normalized spacial score (nSPS) is 17.7. The molecule has 0 saturated carbocycles. The van der Waals surface area contributed by atoms with Gasteiger partial charge < -0.3 is 14.6 Å². The van der Waals surface area contributed by atoms with E-state index in [0.717, 1.165) is 4.47 Å². The SMILES string of the molecule is CS(=O)(=O)O.OCC1COc2c(Br)ccnc2O1. The predicted molar refractivity (Wildman–Crippen MR) is 66.4 cm³/mol. The molecule has 1 aliphatic rings. The van der Waals surface area contributed by atoms with Crippen LogP contribution in [0.25, 0.3) is 0 Å². The minimum Gasteiger partial charge on any atom is -0.483 e. The van der Waals surface area contributed by atoms with Crippen molar-refractivity contribution in [2.24, 2.45) is 0 Å². The van der Waals surface area contributed by atoms with Gasteiger partial charge in [-0.15, -0.1) is 0 Å². The fraction of sp³-hybridized carbons (Fsp3) is 0.444. The van der Waals surface area contributed by atoms with E-state index in [1.54, 1.807) is 12.3 Å². The third-order valence-electron chi connectivity index (χ3n) is 1.72. The number of hydrogen-bond donors (Lipinski definition) is 2. The van der Waals surface area contributed by atoms with E-state index in [2.05, 4.69) is 20.9 Å². The number of ether oxygens (including phenoxy) is 2. The zero-order chi connectivity index (χ0) is 13.8. The summed E-state index contributed by atoms with van der Waals surface area (Å²) in [6, 6.07) is 1.78. The molecule has 0 bridgehead atoms. The Morgan fingerprint density at radius 2 is 2.22 bits per heavy atom. The third-order valence-corrected chi connectivity index (χ3v) is 2.34. The van der Waals surface area contributed by atoms with Crippen LogP contribution in [0.5, 0.6) is 11.6 Å². The Bertz CT molecular complexity index is 498. The minimum atomic E-state index is -3.67. The van der Waals surface area contributed by atoms with Crippen LogP contribution in [-0.4, -0.2) is 48.6 Å². The molecule has 0 aliphatic carbocycles. The highest BCUT2D eigenvalue weighted by Gasteiger charge is 2.22. The fourth-order valence-electron chi connectivity index (χ4n) is 1.08. The summed E-state index contributed by atoms with van der Waals surface area (Å²) in [5.74, 6) is 1.03.